The summed E-state index contributed by atoms with van der Waals surface area (Å²) < 4.78 is 1.29. The molecule has 6 nitrogen and oxygen atoms in total. The van der Waals surface area contributed by atoms with E-state index in [1.54, 1.807) is 11.9 Å². The molecule has 0 aliphatic carbocycles. The van der Waals surface area contributed by atoms with Gasteiger partial charge in [0.2, 0.25) is 5.91 Å². The van der Waals surface area contributed by atoms with E-state index in [1.165, 1.54) is 4.57 Å². The molecule has 0 saturated heterocycles. The molecule has 104 valence electrons. The fraction of sp³-hybridized carbons (Fsp3) is 0.357. The Morgan fingerprint density at radius 3 is 2.55 bits per heavy atom. The first-order valence-electron chi connectivity index (χ1n) is 6.40. The summed E-state index contributed by atoms with van der Waals surface area (Å²) in [6.45, 7) is 4.26. The van der Waals surface area contributed by atoms with Gasteiger partial charge in [-0.2, -0.15) is 0 Å². The first kappa shape index (κ1) is 12.7. The Labute approximate surface area is 114 Å². The van der Waals surface area contributed by atoms with Gasteiger partial charge in [0.05, 0.1) is 11.0 Å². The van der Waals surface area contributed by atoms with Crippen molar-refractivity contribution < 1.29 is 4.79 Å². The van der Waals surface area contributed by atoms with E-state index in [0.717, 1.165) is 16.7 Å². The number of carbonyl (C=O) groups is 1. The van der Waals surface area contributed by atoms with Crippen molar-refractivity contribution in [2.75, 3.05) is 7.05 Å². The molecule has 20 heavy (non-hydrogen) atoms. The van der Waals surface area contributed by atoms with Crippen molar-refractivity contribution in [3.8, 4) is 0 Å². The molecule has 0 spiro atoms. The lowest BCUT2D eigenvalue weighted by atomic mass is 10.0. The number of amides is 1. The molecule has 6 heteroatoms. The van der Waals surface area contributed by atoms with Crippen LogP contribution in [-0.2, 0) is 17.9 Å². The number of aromatic nitrogens is 2. The molecule has 1 aliphatic heterocycles. The molecule has 2 heterocycles. The third-order valence-electron chi connectivity index (χ3n) is 4.02. The van der Waals surface area contributed by atoms with Crippen LogP contribution < -0.4 is 11.1 Å². The number of benzene rings is 1. The Balaban J connectivity index is 2.57. The van der Waals surface area contributed by atoms with Gasteiger partial charge >= 0.3 is 11.1 Å². The van der Waals surface area contributed by atoms with Crippen molar-refractivity contribution in [2.24, 2.45) is 0 Å². The molecule has 1 aromatic heterocycles. The third kappa shape index (κ3) is 1.61. The van der Waals surface area contributed by atoms with Gasteiger partial charge < -0.3 is 9.88 Å². The van der Waals surface area contributed by atoms with E-state index in [9.17, 15) is 14.4 Å². The smallest absolute Gasteiger partial charge is 0.317 e. The minimum atomic E-state index is -0.691. The molecular weight excluding hydrogens is 258 g/mol. The third-order valence-corrected chi connectivity index (χ3v) is 4.02. The second-order valence-electron chi connectivity index (χ2n) is 5.29. The largest absolute Gasteiger partial charge is 0.340 e. The maximum Gasteiger partial charge on any atom is 0.317 e. The normalized spacial score (nSPS) is 14.8. The lowest BCUT2D eigenvalue weighted by Crippen LogP contribution is -2.38. The van der Waals surface area contributed by atoms with E-state index in [0.29, 0.717) is 17.6 Å². The minimum Gasteiger partial charge on any atom is -0.340 e. The highest BCUT2D eigenvalue weighted by Gasteiger charge is 2.23. The number of nitrogens with zero attached hydrogens (tertiary/aromatic N) is 2. The first-order valence-corrected chi connectivity index (χ1v) is 6.40. The van der Waals surface area contributed by atoms with Gasteiger partial charge in [0.25, 0.3) is 0 Å². The number of aromatic amines is 1. The summed E-state index contributed by atoms with van der Waals surface area (Å²) in [7, 11) is 1.70. The van der Waals surface area contributed by atoms with E-state index in [4.69, 9.17) is 0 Å². The summed E-state index contributed by atoms with van der Waals surface area (Å²) >= 11 is 0. The van der Waals surface area contributed by atoms with Crippen LogP contribution in [0.3, 0.4) is 0 Å². The Morgan fingerprint density at radius 1 is 1.15 bits per heavy atom. The van der Waals surface area contributed by atoms with Crippen LogP contribution >= 0.6 is 0 Å². The van der Waals surface area contributed by atoms with Gasteiger partial charge in [-0.15, -0.1) is 0 Å². The van der Waals surface area contributed by atoms with Crippen LogP contribution in [0.15, 0.2) is 15.7 Å². The van der Waals surface area contributed by atoms with Crippen LogP contribution in [0.2, 0.25) is 0 Å². The van der Waals surface area contributed by atoms with Gasteiger partial charge in [-0.3, -0.25) is 19.0 Å². The number of hydrogen-bond acceptors (Lipinski definition) is 3. The highest BCUT2D eigenvalue weighted by molar-refractivity contribution is 5.86. The number of nitrogens with one attached hydrogen (secondary N) is 1. The Kier molecular flexibility index (Phi) is 2.57. The Bertz CT molecular complexity index is 861. The number of hydrogen-bond donors (Lipinski definition) is 1. The fourth-order valence-electron chi connectivity index (χ4n) is 2.70. The van der Waals surface area contributed by atoms with Crippen LogP contribution in [0.1, 0.15) is 16.7 Å². The zero-order chi connectivity index (χ0) is 14.6. The molecule has 0 unspecified atom stereocenters. The van der Waals surface area contributed by atoms with Crippen LogP contribution in [0.4, 0.5) is 0 Å². The summed E-state index contributed by atoms with van der Waals surface area (Å²) in [4.78, 5) is 40.0. The molecule has 1 N–H and O–H groups in total. The van der Waals surface area contributed by atoms with Crippen molar-refractivity contribution in [3.63, 3.8) is 0 Å². The van der Waals surface area contributed by atoms with Crippen molar-refractivity contribution >= 4 is 16.9 Å². The Hall–Kier alpha value is -2.37. The topological polar surface area (TPSA) is 75.2 Å². The van der Waals surface area contributed by atoms with E-state index in [-0.39, 0.29) is 12.5 Å². The summed E-state index contributed by atoms with van der Waals surface area (Å²) in [6.07, 6.45) is 0. The number of rotatable bonds is 0. The molecule has 0 atom stereocenters. The molecule has 3 rings (SSSR count). The van der Waals surface area contributed by atoms with Crippen molar-refractivity contribution in [1.82, 2.24) is 14.5 Å². The molecular formula is C14H15N3O3. The van der Waals surface area contributed by atoms with Gasteiger partial charge in [-0.25, -0.2) is 0 Å². The summed E-state index contributed by atoms with van der Waals surface area (Å²) in [6, 6.07) is 1.85. The molecule has 0 saturated carbocycles. The standard InChI is InChI=1S/C14H15N3O3/c1-7-4-10-12-9(8(7)2)5-16(3)11(18)6-17(12)14(20)13(19)15-10/h4H,5-6H2,1-3H3,(H,15,19). The second kappa shape index (κ2) is 4.06. The molecule has 0 radical (unpaired) electrons. The van der Waals surface area contributed by atoms with E-state index >= 15 is 0 Å². The number of carbonyl (C=O) groups excluding carboxylic acids is 1. The van der Waals surface area contributed by atoms with Crippen LogP contribution in [0, 0.1) is 13.8 Å². The van der Waals surface area contributed by atoms with E-state index in [2.05, 4.69) is 4.98 Å². The van der Waals surface area contributed by atoms with Crippen LogP contribution in [-0.4, -0.2) is 27.4 Å². The molecule has 1 amide bonds. The molecule has 2 aromatic rings. The Morgan fingerprint density at radius 2 is 1.85 bits per heavy atom. The van der Waals surface area contributed by atoms with Crippen molar-refractivity contribution in [2.45, 2.75) is 26.9 Å². The number of likely N-dealkylation sites (N-methyl/N-ethyl adjacent to an activating group) is 1. The maximum absolute atomic E-state index is 12.0. The first-order chi connectivity index (χ1) is 9.40. The van der Waals surface area contributed by atoms with Gasteiger partial charge in [0, 0.05) is 19.2 Å². The molecule has 1 aliphatic rings. The van der Waals surface area contributed by atoms with Gasteiger partial charge in [-0.05, 0) is 31.0 Å². The quantitative estimate of drug-likeness (QED) is 0.700. The summed E-state index contributed by atoms with van der Waals surface area (Å²) in [5.74, 6) is -0.174. The van der Waals surface area contributed by atoms with Gasteiger partial charge in [-0.1, -0.05) is 0 Å². The van der Waals surface area contributed by atoms with Crippen molar-refractivity contribution in [3.05, 3.63) is 43.5 Å². The summed E-state index contributed by atoms with van der Waals surface area (Å²) in [5.41, 5.74) is 2.89. The molecule has 0 bridgehead atoms. The lowest BCUT2D eigenvalue weighted by molar-refractivity contribution is -0.130. The zero-order valence-electron chi connectivity index (χ0n) is 11.6. The highest BCUT2D eigenvalue weighted by atomic mass is 16.2. The van der Waals surface area contributed by atoms with Crippen LogP contribution in [0.25, 0.3) is 11.0 Å². The lowest BCUT2D eigenvalue weighted by Gasteiger charge is -2.16. The average molecular weight is 273 g/mol. The zero-order valence-corrected chi connectivity index (χ0v) is 11.6. The highest BCUT2D eigenvalue weighted by Crippen LogP contribution is 2.25. The average Bonchev–Trinajstić information content (AvgIpc) is 2.52. The predicted molar refractivity (Wildman–Crippen MR) is 74.8 cm³/mol. The SMILES string of the molecule is Cc1cc2[nH]c(=O)c(=O)n3c2c(c1C)CN(C)C(=O)C3. The van der Waals surface area contributed by atoms with E-state index in [1.807, 2.05) is 19.9 Å². The monoisotopic (exact) mass is 273 g/mol. The predicted octanol–water partition coefficient (Wildman–Crippen LogP) is 0.279. The fourth-order valence-corrected chi connectivity index (χ4v) is 2.70. The summed E-state index contributed by atoms with van der Waals surface area (Å²) in [5, 5.41) is 0. The van der Waals surface area contributed by atoms with Crippen molar-refractivity contribution in [1.29, 1.82) is 0 Å². The second-order valence-corrected chi connectivity index (χ2v) is 5.29. The number of aryl methyl sites for hydroxylation is 1. The molecule has 0 fully saturated rings. The van der Waals surface area contributed by atoms with Gasteiger partial charge in [0.1, 0.15) is 6.54 Å². The van der Waals surface area contributed by atoms with Gasteiger partial charge in [0.15, 0.2) is 0 Å². The van der Waals surface area contributed by atoms with Crippen LogP contribution in [0.5, 0.6) is 0 Å². The minimum absolute atomic E-state index is 0.0920. The van der Waals surface area contributed by atoms with E-state index < -0.39 is 11.1 Å². The maximum atomic E-state index is 12.0. The molecule has 1 aromatic carbocycles. The number of H-pyrrole nitrogens is 1.